The summed E-state index contributed by atoms with van der Waals surface area (Å²) in [6.45, 7) is 32.2. The molecular weight excluding hydrogens is 508 g/mol. The molecule has 0 radical (unpaired) electrons. The number of benzene rings is 3. The monoisotopic (exact) mass is 562 g/mol. The minimum absolute atomic E-state index is 0.840. The van der Waals surface area contributed by atoms with Crippen molar-refractivity contribution in [3.05, 3.63) is 124 Å². The topological polar surface area (TPSA) is 13.1 Å². The van der Waals surface area contributed by atoms with Crippen molar-refractivity contribution in [2.45, 2.75) is 129 Å². The average Bonchev–Trinajstić information content (AvgIpc) is 3.42. The van der Waals surface area contributed by atoms with Crippen LogP contribution in [-0.2, 0) is 32.1 Å². The molecule has 0 amide bonds. The van der Waals surface area contributed by atoms with E-state index >= 15 is 0 Å². The highest BCUT2D eigenvalue weighted by Gasteiger charge is 2.21. The minimum Gasteiger partial charge on any atom is -0.465 e. The van der Waals surface area contributed by atoms with Gasteiger partial charge in [0.25, 0.3) is 0 Å². The van der Waals surface area contributed by atoms with Crippen LogP contribution in [0.3, 0.4) is 0 Å². The molecule has 4 rings (SSSR count). The van der Waals surface area contributed by atoms with E-state index in [9.17, 15) is 0 Å². The zero-order valence-electron chi connectivity index (χ0n) is 29.1. The number of rotatable bonds is 8. The molecule has 1 heteroatoms. The lowest BCUT2D eigenvalue weighted by atomic mass is 9.81. The maximum atomic E-state index is 6.55. The van der Waals surface area contributed by atoms with E-state index in [2.05, 4.69) is 109 Å². The Balaban J connectivity index is 1.68. The minimum atomic E-state index is 0.840. The average molecular weight is 563 g/mol. The number of furan rings is 1. The lowest BCUT2D eigenvalue weighted by Gasteiger charge is -2.24. The van der Waals surface area contributed by atoms with Gasteiger partial charge in [-0.1, -0.05) is 13.8 Å². The zero-order valence-corrected chi connectivity index (χ0v) is 29.1. The highest BCUT2D eigenvalue weighted by molar-refractivity contribution is 5.57. The summed E-state index contributed by atoms with van der Waals surface area (Å²) in [5.41, 5.74) is 26.2. The van der Waals surface area contributed by atoms with Crippen LogP contribution in [0.25, 0.3) is 0 Å². The molecule has 0 aliphatic heterocycles. The summed E-state index contributed by atoms with van der Waals surface area (Å²) in [6.07, 6.45) is 4.85. The third kappa shape index (κ3) is 5.41. The van der Waals surface area contributed by atoms with Crippen LogP contribution >= 0.6 is 0 Å². The van der Waals surface area contributed by atoms with Gasteiger partial charge in [-0.05, 0) is 215 Å². The molecule has 0 saturated heterocycles. The van der Waals surface area contributed by atoms with Crippen molar-refractivity contribution in [3.8, 4) is 0 Å². The summed E-state index contributed by atoms with van der Waals surface area (Å²) >= 11 is 0. The van der Waals surface area contributed by atoms with Crippen molar-refractivity contribution in [2.75, 3.05) is 0 Å². The Kier molecular flexibility index (Phi) is 9.31. The van der Waals surface area contributed by atoms with Crippen LogP contribution in [0.15, 0.2) is 16.5 Å². The Labute approximate surface area is 256 Å². The molecule has 0 aliphatic rings. The van der Waals surface area contributed by atoms with Gasteiger partial charge in [0.05, 0.1) is 0 Å². The summed E-state index contributed by atoms with van der Waals surface area (Å²) in [4.78, 5) is 0. The molecule has 42 heavy (non-hydrogen) atoms. The first-order valence-electron chi connectivity index (χ1n) is 16.1. The lowest BCUT2D eigenvalue weighted by Crippen LogP contribution is -2.10. The molecule has 0 unspecified atom stereocenters. The van der Waals surface area contributed by atoms with Gasteiger partial charge in [0.15, 0.2) is 0 Å². The van der Waals surface area contributed by atoms with Crippen molar-refractivity contribution >= 4 is 0 Å². The maximum Gasteiger partial charge on any atom is 0.108 e. The molecule has 224 valence electrons. The van der Waals surface area contributed by atoms with Crippen LogP contribution < -0.4 is 0 Å². The Hall–Kier alpha value is -3.06. The van der Waals surface area contributed by atoms with E-state index in [1.807, 2.05) is 0 Å². The molecule has 0 bridgehead atoms. The summed E-state index contributed by atoms with van der Waals surface area (Å²) in [5, 5.41) is 0. The van der Waals surface area contributed by atoms with Gasteiger partial charge in [-0.15, -0.1) is 0 Å². The van der Waals surface area contributed by atoms with Crippen LogP contribution in [0.2, 0.25) is 0 Å². The Bertz CT molecular complexity index is 1640. The number of hydrogen-bond acceptors (Lipinski definition) is 1. The highest BCUT2D eigenvalue weighted by atomic mass is 16.3. The fourth-order valence-electron chi connectivity index (χ4n) is 7.60. The fourth-order valence-corrected chi connectivity index (χ4v) is 7.60. The second kappa shape index (κ2) is 12.3. The first-order valence-corrected chi connectivity index (χ1v) is 16.1. The van der Waals surface area contributed by atoms with Crippen molar-refractivity contribution in [3.63, 3.8) is 0 Å². The van der Waals surface area contributed by atoms with Crippen molar-refractivity contribution < 1.29 is 4.42 Å². The van der Waals surface area contributed by atoms with Crippen LogP contribution in [-0.4, -0.2) is 0 Å². The van der Waals surface area contributed by atoms with E-state index < -0.39 is 0 Å². The molecule has 1 nitrogen and oxygen atoms in total. The molecule has 0 fully saturated rings. The smallest absolute Gasteiger partial charge is 0.108 e. The third-order valence-electron chi connectivity index (χ3n) is 11.3. The van der Waals surface area contributed by atoms with Crippen LogP contribution in [0.5, 0.6) is 0 Å². The largest absolute Gasteiger partial charge is 0.465 e. The second-order valence-electron chi connectivity index (χ2n) is 13.0. The molecule has 0 N–H and O–H groups in total. The lowest BCUT2D eigenvalue weighted by molar-refractivity contribution is 0.480. The van der Waals surface area contributed by atoms with Gasteiger partial charge < -0.3 is 4.42 Å². The molecule has 0 spiro atoms. The van der Waals surface area contributed by atoms with Crippen molar-refractivity contribution in [1.29, 1.82) is 0 Å². The van der Waals surface area contributed by atoms with Crippen molar-refractivity contribution in [2.24, 2.45) is 0 Å². The Morgan fingerprint density at radius 1 is 0.333 bits per heavy atom. The molecule has 0 atom stereocenters. The molecule has 0 aliphatic carbocycles. The molecule has 1 aromatic heterocycles. The predicted octanol–water partition coefficient (Wildman–Crippen LogP) is 10.9. The quantitative estimate of drug-likeness (QED) is 0.208. The van der Waals surface area contributed by atoms with Crippen LogP contribution in [0.1, 0.15) is 126 Å². The Morgan fingerprint density at radius 2 is 0.643 bits per heavy atom. The summed E-state index contributed by atoms with van der Waals surface area (Å²) in [5.74, 6) is 2.13. The number of hydrogen-bond donors (Lipinski definition) is 0. The van der Waals surface area contributed by atoms with E-state index in [4.69, 9.17) is 4.42 Å². The van der Waals surface area contributed by atoms with Gasteiger partial charge >= 0.3 is 0 Å². The SMILES string of the molecule is CCc1c(C)c(C)c(C)c(Cc2c(C)c(C)c(Cc3ccc(Cc4c(C)c(C)c(C)c(C)c4CC)o3)c(C)c2C)c1C. The van der Waals surface area contributed by atoms with E-state index in [1.165, 1.54) is 100 Å². The second-order valence-corrected chi connectivity index (χ2v) is 13.0. The fraction of sp³-hybridized carbons (Fsp3) is 0.463. The molecule has 1 heterocycles. The summed E-state index contributed by atoms with van der Waals surface area (Å²) in [6, 6.07) is 4.41. The maximum absolute atomic E-state index is 6.55. The third-order valence-corrected chi connectivity index (χ3v) is 11.3. The standard InChI is InChI=1S/C41H54O/c1-15-36-25(6)24(5)27(8)40(33(36)14)21-39-31(12)29(10)38(30(11)32(39)13)19-34-17-18-35(42-34)20-41-28(9)23(4)22(3)26(7)37(41)16-2/h17-18H,15-16,19-21H2,1-14H3. The summed E-state index contributed by atoms with van der Waals surface area (Å²) in [7, 11) is 0. The van der Waals surface area contributed by atoms with E-state index in [0.717, 1.165) is 43.6 Å². The van der Waals surface area contributed by atoms with Crippen molar-refractivity contribution in [1.82, 2.24) is 0 Å². The molecular formula is C41H54O. The first-order chi connectivity index (χ1) is 19.7. The van der Waals surface area contributed by atoms with E-state index in [-0.39, 0.29) is 0 Å². The first kappa shape index (κ1) is 31.9. The van der Waals surface area contributed by atoms with Gasteiger partial charge in [0.2, 0.25) is 0 Å². The van der Waals surface area contributed by atoms with E-state index in [0.29, 0.717) is 0 Å². The van der Waals surface area contributed by atoms with E-state index in [1.54, 1.807) is 0 Å². The normalized spacial score (nSPS) is 11.6. The van der Waals surface area contributed by atoms with Crippen LogP contribution in [0.4, 0.5) is 0 Å². The van der Waals surface area contributed by atoms with Gasteiger partial charge in [0, 0.05) is 12.8 Å². The zero-order chi connectivity index (χ0) is 31.2. The molecule has 4 aromatic rings. The van der Waals surface area contributed by atoms with Gasteiger partial charge in [-0.3, -0.25) is 0 Å². The summed E-state index contributed by atoms with van der Waals surface area (Å²) < 4.78 is 6.55. The molecule has 3 aromatic carbocycles. The molecule has 0 saturated carbocycles. The highest BCUT2D eigenvalue weighted by Crippen LogP contribution is 2.35. The van der Waals surface area contributed by atoms with Crippen LogP contribution in [0, 0.1) is 83.1 Å². The van der Waals surface area contributed by atoms with Gasteiger partial charge in [-0.25, -0.2) is 0 Å². The van der Waals surface area contributed by atoms with Gasteiger partial charge in [-0.2, -0.15) is 0 Å². The Morgan fingerprint density at radius 3 is 1.12 bits per heavy atom. The van der Waals surface area contributed by atoms with Gasteiger partial charge in [0.1, 0.15) is 11.5 Å². The predicted molar refractivity (Wildman–Crippen MR) is 182 cm³/mol.